The molecular weight excluding hydrogens is 214 g/mol. The van der Waals surface area contributed by atoms with Crippen LogP contribution in [0.2, 0.25) is 0 Å². The van der Waals surface area contributed by atoms with Crippen molar-refractivity contribution < 1.29 is 0 Å². The molecule has 5 heteroatoms. The number of aromatic amines is 1. The summed E-state index contributed by atoms with van der Waals surface area (Å²) in [7, 11) is 0. The lowest BCUT2D eigenvalue weighted by Gasteiger charge is -1.97. The van der Waals surface area contributed by atoms with Crippen molar-refractivity contribution in [3.8, 4) is 16.9 Å². The van der Waals surface area contributed by atoms with Gasteiger partial charge in [-0.3, -0.25) is 10.1 Å². The molecule has 0 radical (unpaired) electrons. The zero-order valence-electron chi connectivity index (χ0n) is 9.33. The number of hydrogen-bond acceptors (Lipinski definition) is 3. The molecule has 84 valence electrons. The van der Waals surface area contributed by atoms with Gasteiger partial charge in [0.1, 0.15) is 0 Å². The van der Waals surface area contributed by atoms with Gasteiger partial charge in [0.15, 0.2) is 0 Å². The first kappa shape index (κ1) is 9.77. The lowest BCUT2D eigenvalue weighted by atomic mass is 10.2. The average molecular weight is 225 g/mol. The molecule has 0 atom stereocenters. The smallest absolute Gasteiger partial charge is 0.0829 e. The van der Waals surface area contributed by atoms with E-state index in [4.69, 9.17) is 0 Å². The van der Waals surface area contributed by atoms with Gasteiger partial charge in [-0.1, -0.05) is 0 Å². The Bertz CT molecular complexity index is 610. The first-order valence-corrected chi connectivity index (χ1v) is 5.31. The zero-order valence-corrected chi connectivity index (χ0v) is 9.33. The Morgan fingerprint density at radius 2 is 2.18 bits per heavy atom. The van der Waals surface area contributed by atoms with E-state index in [9.17, 15) is 0 Å². The van der Waals surface area contributed by atoms with Crippen LogP contribution in [0.1, 0.15) is 5.69 Å². The molecule has 0 unspecified atom stereocenters. The molecule has 3 heterocycles. The van der Waals surface area contributed by atoms with Crippen LogP contribution in [-0.4, -0.2) is 25.0 Å². The van der Waals surface area contributed by atoms with E-state index in [-0.39, 0.29) is 0 Å². The van der Waals surface area contributed by atoms with Crippen LogP contribution in [0.3, 0.4) is 0 Å². The number of nitrogens with one attached hydrogen (secondary N) is 1. The van der Waals surface area contributed by atoms with Crippen molar-refractivity contribution in [3.63, 3.8) is 0 Å². The van der Waals surface area contributed by atoms with E-state index in [2.05, 4.69) is 20.3 Å². The summed E-state index contributed by atoms with van der Waals surface area (Å²) < 4.78 is 1.82. The number of aryl methyl sites for hydroxylation is 1. The maximum absolute atomic E-state index is 4.47. The molecule has 0 aliphatic heterocycles. The van der Waals surface area contributed by atoms with Gasteiger partial charge in [-0.2, -0.15) is 10.2 Å². The van der Waals surface area contributed by atoms with Crippen LogP contribution >= 0.6 is 0 Å². The van der Waals surface area contributed by atoms with Crippen molar-refractivity contribution in [2.75, 3.05) is 0 Å². The predicted octanol–water partition coefficient (Wildman–Crippen LogP) is 1.97. The van der Waals surface area contributed by atoms with E-state index in [0.717, 1.165) is 22.6 Å². The largest absolute Gasteiger partial charge is 0.278 e. The standard InChI is InChI=1S/C12H11N5/c1-9-11(12-4-6-14-15-12)8-17(16-9)10-3-2-5-13-7-10/h2-8H,1H3,(H,14,15). The van der Waals surface area contributed by atoms with Crippen LogP contribution in [0, 0.1) is 6.92 Å². The van der Waals surface area contributed by atoms with Crippen molar-refractivity contribution in [3.05, 3.63) is 48.7 Å². The Morgan fingerprint density at radius 3 is 2.88 bits per heavy atom. The summed E-state index contributed by atoms with van der Waals surface area (Å²) >= 11 is 0. The molecule has 1 N–H and O–H groups in total. The number of pyridine rings is 1. The van der Waals surface area contributed by atoms with Crippen LogP contribution < -0.4 is 0 Å². The van der Waals surface area contributed by atoms with Crippen molar-refractivity contribution in [2.24, 2.45) is 0 Å². The van der Waals surface area contributed by atoms with Crippen LogP contribution in [0.15, 0.2) is 43.0 Å². The van der Waals surface area contributed by atoms with E-state index in [0.29, 0.717) is 0 Å². The second kappa shape index (κ2) is 3.86. The molecule has 0 amide bonds. The summed E-state index contributed by atoms with van der Waals surface area (Å²) in [6, 6.07) is 5.79. The van der Waals surface area contributed by atoms with Gasteiger partial charge in [0.25, 0.3) is 0 Å². The molecule has 0 aliphatic carbocycles. The molecule has 0 saturated carbocycles. The molecule has 0 spiro atoms. The van der Waals surface area contributed by atoms with Gasteiger partial charge in [-0.15, -0.1) is 0 Å². The van der Waals surface area contributed by atoms with Crippen LogP contribution in [0.4, 0.5) is 0 Å². The Hall–Kier alpha value is -2.43. The van der Waals surface area contributed by atoms with Crippen LogP contribution in [0.25, 0.3) is 16.9 Å². The number of nitrogens with zero attached hydrogens (tertiary/aromatic N) is 4. The number of hydrogen-bond donors (Lipinski definition) is 1. The number of rotatable bonds is 2. The third-order valence-corrected chi connectivity index (χ3v) is 2.60. The first-order chi connectivity index (χ1) is 8.34. The molecule has 3 rings (SSSR count). The molecule has 0 aromatic carbocycles. The normalized spacial score (nSPS) is 10.6. The Balaban J connectivity index is 2.08. The van der Waals surface area contributed by atoms with Gasteiger partial charge in [0.05, 0.1) is 23.3 Å². The van der Waals surface area contributed by atoms with Crippen molar-refractivity contribution in [2.45, 2.75) is 6.92 Å². The monoisotopic (exact) mass is 225 g/mol. The summed E-state index contributed by atoms with van der Waals surface area (Å²) in [6.45, 7) is 1.98. The average Bonchev–Trinajstić information content (AvgIpc) is 2.99. The van der Waals surface area contributed by atoms with E-state index in [1.807, 2.05) is 36.0 Å². The highest BCUT2D eigenvalue weighted by atomic mass is 15.3. The fourth-order valence-corrected chi connectivity index (χ4v) is 1.75. The van der Waals surface area contributed by atoms with E-state index >= 15 is 0 Å². The van der Waals surface area contributed by atoms with Crippen molar-refractivity contribution >= 4 is 0 Å². The van der Waals surface area contributed by atoms with E-state index in [1.54, 1.807) is 18.6 Å². The first-order valence-electron chi connectivity index (χ1n) is 5.31. The van der Waals surface area contributed by atoms with Gasteiger partial charge in [0.2, 0.25) is 0 Å². The second-order valence-corrected chi connectivity index (χ2v) is 3.75. The van der Waals surface area contributed by atoms with E-state index < -0.39 is 0 Å². The van der Waals surface area contributed by atoms with Gasteiger partial charge < -0.3 is 0 Å². The Morgan fingerprint density at radius 1 is 1.24 bits per heavy atom. The number of H-pyrrole nitrogens is 1. The minimum Gasteiger partial charge on any atom is -0.278 e. The fraction of sp³-hybridized carbons (Fsp3) is 0.0833. The second-order valence-electron chi connectivity index (χ2n) is 3.75. The lowest BCUT2D eigenvalue weighted by molar-refractivity contribution is 0.857. The fourth-order valence-electron chi connectivity index (χ4n) is 1.75. The van der Waals surface area contributed by atoms with Crippen molar-refractivity contribution in [1.82, 2.24) is 25.0 Å². The quantitative estimate of drug-likeness (QED) is 0.725. The third-order valence-electron chi connectivity index (χ3n) is 2.60. The molecule has 0 saturated heterocycles. The minimum atomic E-state index is 0.946. The Kier molecular flexibility index (Phi) is 2.22. The molecule has 0 aliphatic rings. The predicted molar refractivity (Wildman–Crippen MR) is 63.7 cm³/mol. The molecular formula is C12H11N5. The molecule has 0 bridgehead atoms. The highest BCUT2D eigenvalue weighted by molar-refractivity contribution is 5.60. The molecule has 0 fully saturated rings. The number of aromatic nitrogens is 5. The van der Waals surface area contributed by atoms with Crippen LogP contribution in [-0.2, 0) is 0 Å². The summed E-state index contributed by atoms with van der Waals surface area (Å²) in [5.74, 6) is 0. The van der Waals surface area contributed by atoms with Gasteiger partial charge in [0, 0.05) is 24.2 Å². The topological polar surface area (TPSA) is 59.4 Å². The van der Waals surface area contributed by atoms with Crippen molar-refractivity contribution in [1.29, 1.82) is 0 Å². The summed E-state index contributed by atoms with van der Waals surface area (Å²) in [5.41, 5.74) is 3.92. The lowest BCUT2D eigenvalue weighted by Crippen LogP contribution is -1.94. The minimum absolute atomic E-state index is 0.946. The molecule has 5 nitrogen and oxygen atoms in total. The summed E-state index contributed by atoms with van der Waals surface area (Å²) in [6.07, 6.45) is 7.23. The summed E-state index contributed by atoms with van der Waals surface area (Å²) in [4.78, 5) is 4.08. The van der Waals surface area contributed by atoms with Gasteiger partial charge >= 0.3 is 0 Å². The van der Waals surface area contributed by atoms with Crippen LogP contribution in [0.5, 0.6) is 0 Å². The van der Waals surface area contributed by atoms with E-state index in [1.165, 1.54) is 0 Å². The zero-order chi connectivity index (χ0) is 11.7. The maximum Gasteiger partial charge on any atom is 0.0829 e. The Labute approximate surface area is 98.1 Å². The highest BCUT2D eigenvalue weighted by Gasteiger charge is 2.09. The van der Waals surface area contributed by atoms with Gasteiger partial charge in [-0.05, 0) is 25.1 Å². The molecule has 3 aromatic rings. The molecule has 3 aromatic heterocycles. The SMILES string of the molecule is Cc1nn(-c2cccnc2)cc1-c1ccn[nH]1. The third kappa shape index (κ3) is 1.71. The maximum atomic E-state index is 4.47. The molecule has 17 heavy (non-hydrogen) atoms. The highest BCUT2D eigenvalue weighted by Crippen LogP contribution is 2.21. The van der Waals surface area contributed by atoms with Gasteiger partial charge in [-0.25, -0.2) is 4.68 Å². The summed E-state index contributed by atoms with van der Waals surface area (Å²) in [5, 5.41) is 11.4.